The molecule has 1 aromatic heterocycles. The van der Waals surface area contributed by atoms with Crippen LogP contribution in [0.15, 0.2) is 15.8 Å². The van der Waals surface area contributed by atoms with Crippen LogP contribution in [0.3, 0.4) is 0 Å². The van der Waals surface area contributed by atoms with Crippen LogP contribution in [0.25, 0.3) is 0 Å². The lowest BCUT2D eigenvalue weighted by atomic mass is 9.96. The van der Waals surface area contributed by atoms with Crippen LogP contribution in [0, 0.1) is 12.8 Å². The van der Waals surface area contributed by atoms with Crippen molar-refractivity contribution in [1.82, 2.24) is 14.6 Å². The van der Waals surface area contributed by atoms with Gasteiger partial charge in [-0.25, -0.2) is 4.79 Å². The molecule has 0 spiro atoms. The van der Waals surface area contributed by atoms with Crippen LogP contribution >= 0.6 is 0 Å². The minimum absolute atomic E-state index is 0.323. The van der Waals surface area contributed by atoms with E-state index in [2.05, 4.69) is 4.98 Å². The van der Waals surface area contributed by atoms with E-state index in [0.29, 0.717) is 18.6 Å². The second kappa shape index (κ2) is 7.37. The number of aryl methyl sites for hydroxylation is 1. The van der Waals surface area contributed by atoms with E-state index in [9.17, 15) is 19.8 Å². The molecule has 0 aliphatic carbocycles. The number of nitrogens with zero attached hydrogens (tertiary/aromatic N) is 2. The van der Waals surface area contributed by atoms with Crippen molar-refractivity contribution < 1.29 is 19.8 Å². The van der Waals surface area contributed by atoms with Gasteiger partial charge in [0.25, 0.3) is 5.56 Å². The Morgan fingerprint density at radius 3 is 2.74 bits per heavy atom. The Morgan fingerprint density at radius 1 is 1.43 bits per heavy atom. The van der Waals surface area contributed by atoms with Crippen LogP contribution in [0.2, 0.25) is 0 Å². The fourth-order valence-corrected chi connectivity index (χ4v) is 2.69. The number of hydroxylamine groups is 2. The number of aromatic nitrogens is 2. The number of ether oxygens (including phenoxy) is 1. The lowest BCUT2D eigenvalue weighted by molar-refractivity contribution is -0.127. The van der Waals surface area contributed by atoms with E-state index < -0.39 is 35.6 Å². The summed E-state index contributed by atoms with van der Waals surface area (Å²) < 4.78 is 6.87. The van der Waals surface area contributed by atoms with Gasteiger partial charge in [0, 0.05) is 31.8 Å². The van der Waals surface area contributed by atoms with Gasteiger partial charge in [-0.15, -0.1) is 0 Å². The molecule has 1 aromatic rings. The number of rotatable bonds is 6. The van der Waals surface area contributed by atoms with E-state index in [1.165, 1.54) is 15.8 Å². The van der Waals surface area contributed by atoms with Gasteiger partial charge in [0.15, 0.2) is 0 Å². The summed E-state index contributed by atoms with van der Waals surface area (Å²) in [5.74, 6) is -0.449. The molecule has 3 N–H and O–H groups in total. The number of aromatic amines is 1. The summed E-state index contributed by atoms with van der Waals surface area (Å²) in [6.07, 6.45) is -0.683. The molecule has 9 heteroatoms. The number of hydrogen-bond donors (Lipinski definition) is 3. The van der Waals surface area contributed by atoms with E-state index in [1.54, 1.807) is 21.0 Å². The first kappa shape index (κ1) is 17.8. The molecule has 0 aromatic carbocycles. The fourth-order valence-electron chi connectivity index (χ4n) is 2.69. The first-order chi connectivity index (χ1) is 10.8. The van der Waals surface area contributed by atoms with Crippen molar-refractivity contribution in [2.45, 2.75) is 31.8 Å². The third-order valence-corrected chi connectivity index (χ3v) is 3.90. The summed E-state index contributed by atoms with van der Waals surface area (Å²) in [7, 11) is 3.48. The maximum absolute atomic E-state index is 12.1. The molecule has 1 unspecified atom stereocenters. The Bertz CT molecular complexity index is 640. The van der Waals surface area contributed by atoms with Gasteiger partial charge < -0.3 is 14.9 Å². The molecule has 9 nitrogen and oxygen atoms in total. The van der Waals surface area contributed by atoms with Crippen LogP contribution in [0.5, 0.6) is 0 Å². The zero-order valence-electron chi connectivity index (χ0n) is 13.4. The third kappa shape index (κ3) is 3.88. The molecule has 130 valence electrons. The largest absolute Gasteiger partial charge is 0.394 e. The number of hydrogen-bond acceptors (Lipinski definition) is 7. The molecule has 1 aliphatic rings. The lowest BCUT2D eigenvalue weighted by Crippen LogP contribution is -2.36. The highest BCUT2D eigenvalue weighted by Gasteiger charge is 2.44. The molecule has 0 bridgehead atoms. The average Bonchev–Trinajstić information content (AvgIpc) is 2.79. The minimum atomic E-state index is -0.935. The number of aliphatic hydroxyl groups excluding tert-OH is 2. The topological polar surface area (TPSA) is 117 Å². The van der Waals surface area contributed by atoms with E-state index in [-0.39, 0.29) is 6.61 Å². The fraction of sp³-hybridized carbons (Fsp3) is 0.714. The van der Waals surface area contributed by atoms with Crippen LogP contribution < -0.4 is 11.2 Å². The molecule has 2 rings (SSSR count). The van der Waals surface area contributed by atoms with E-state index in [0.717, 1.165) is 0 Å². The van der Waals surface area contributed by atoms with Gasteiger partial charge in [-0.05, 0) is 13.3 Å². The summed E-state index contributed by atoms with van der Waals surface area (Å²) in [5, 5.41) is 21.2. The predicted octanol–water partition coefficient (Wildman–Crippen LogP) is -1.40. The Hall–Kier alpha value is -1.52. The van der Waals surface area contributed by atoms with Gasteiger partial charge in [-0.1, -0.05) is 0 Å². The van der Waals surface area contributed by atoms with Gasteiger partial charge in [-0.3, -0.25) is 19.2 Å². The van der Waals surface area contributed by atoms with Crippen molar-refractivity contribution in [3.05, 3.63) is 32.6 Å². The Kier molecular flexibility index (Phi) is 5.71. The molecule has 0 radical (unpaired) electrons. The number of H-pyrrole nitrogens is 1. The molecule has 2 heterocycles. The Balaban J connectivity index is 2.28. The van der Waals surface area contributed by atoms with Crippen molar-refractivity contribution in [2.75, 3.05) is 27.3 Å². The zero-order valence-corrected chi connectivity index (χ0v) is 13.4. The standard InChI is InChI=1S/C14H23N3O6/c1-8-6-17(14(21)15-12(8)20)13-9(4-5-22-16(2)3)11(19)10(7-18)23-13/h6,9-11,13,18-19H,4-5,7H2,1-3H3,(H,15,20,21)/t9?,10-,11+,13-/m1/s1. The lowest BCUT2D eigenvalue weighted by Gasteiger charge is -2.22. The highest BCUT2D eigenvalue weighted by atomic mass is 16.7. The molecule has 4 atom stereocenters. The van der Waals surface area contributed by atoms with Gasteiger partial charge in [0.2, 0.25) is 0 Å². The first-order valence-corrected chi connectivity index (χ1v) is 7.41. The quantitative estimate of drug-likeness (QED) is 0.549. The van der Waals surface area contributed by atoms with Crippen molar-refractivity contribution in [1.29, 1.82) is 0 Å². The highest BCUT2D eigenvalue weighted by molar-refractivity contribution is 5.03. The van der Waals surface area contributed by atoms with Gasteiger partial charge >= 0.3 is 5.69 Å². The number of aliphatic hydroxyl groups is 2. The molecule has 0 saturated carbocycles. The maximum atomic E-state index is 12.1. The highest BCUT2D eigenvalue weighted by Crippen LogP contribution is 2.36. The molecular weight excluding hydrogens is 306 g/mol. The summed E-state index contributed by atoms with van der Waals surface area (Å²) in [5.41, 5.74) is -0.718. The summed E-state index contributed by atoms with van der Waals surface area (Å²) in [6.45, 7) is 1.54. The summed E-state index contributed by atoms with van der Waals surface area (Å²) in [4.78, 5) is 31.1. The molecule has 1 saturated heterocycles. The van der Waals surface area contributed by atoms with Crippen molar-refractivity contribution in [3.8, 4) is 0 Å². The van der Waals surface area contributed by atoms with Gasteiger partial charge in [0.05, 0.1) is 19.3 Å². The second-order valence-corrected chi connectivity index (χ2v) is 5.82. The van der Waals surface area contributed by atoms with Crippen molar-refractivity contribution in [3.63, 3.8) is 0 Å². The van der Waals surface area contributed by atoms with Gasteiger partial charge in [0.1, 0.15) is 12.3 Å². The van der Waals surface area contributed by atoms with Crippen LogP contribution in [0.1, 0.15) is 18.2 Å². The average molecular weight is 329 g/mol. The minimum Gasteiger partial charge on any atom is -0.394 e. The predicted molar refractivity (Wildman–Crippen MR) is 80.8 cm³/mol. The number of nitrogens with one attached hydrogen (secondary N) is 1. The molecule has 1 fully saturated rings. The van der Waals surface area contributed by atoms with E-state index in [1.807, 2.05) is 0 Å². The normalized spacial score (nSPS) is 27.7. The molecule has 0 amide bonds. The smallest absolute Gasteiger partial charge is 0.330 e. The second-order valence-electron chi connectivity index (χ2n) is 5.82. The zero-order chi connectivity index (χ0) is 17.1. The molecule has 1 aliphatic heterocycles. The first-order valence-electron chi connectivity index (χ1n) is 7.41. The van der Waals surface area contributed by atoms with E-state index in [4.69, 9.17) is 9.57 Å². The third-order valence-electron chi connectivity index (χ3n) is 3.90. The van der Waals surface area contributed by atoms with Gasteiger partial charge in [-0.2, -0.15) is 5.06 Å². The summed E-state index contributed by atoms with van der Waals surface area (Å²) in [6, 6.07) is 0. The maximum Gasteiger partial charge on any atom is 0.330 e. The molecular formula is C14H23N3O6. The van der Waals surface area contributed by atoms with Crippen molar-refractivity contribution in [2.24, 2.45) is 5.92 Å². The Labute approximate surface area is 133 Å². The van der Waals surface area contributed by atoms with Crippen LogP contribution in [-0.4, -0.2) is 64.3 Å². The summed E-state index contributed by atoms with van der Waals surface area (Å²) >= 11 is 0. The van der Waals surface area contributed by atoms with Crippen LogP contribution in [0.4, 0.5) is 0 Å². The Morgan fingerprint density at radius 2 is 2.13 bits per heavy atom. The van der Waals surface area contributed by atoms with Crippen LogP contribution in [-0.2, 0) is 9.57 Å². The monoisotopic (exact) mass is 329 g/mol. The SMILES string of the molecule is Cc1cn([C@@H]2O[C@H](CO)[C@@H](O)C2CCON(C)C)c(=O)[nH]c1=O. The van der Waals surface area contributed by atoms with E-state index >= 15 is 0 Å². The van der Waals surface area contributed by atoms with Crippen molar-refractivity contribution >= 4 is 0 Å². The molecule has 23 heavy (non-hydrogen) atoms.